The largest absolute Gasteiger partial charge is 0.390 e. The van der Waals surface area contributed by atoms with Crippen LogP contribution in [0.15, 0.2) is 23.8 Å². The molecule has 4 nitrogen and oxygen atoms in total. The molecule has 0 aromatic carbocycles. The number of fused-ring (bicyclic) bond motifs is 5. The van der Waals surface area contributed by atoms with E-state index < -0.39 is 69.5 Å². The fraction of sp³-hybridized carbons (Fsp3) is 0.714. The highest BCUT2D eigenvalue weighted by molar-refractivity contribution is 8.13. The highest BCUT2D eigenvalue weighted by Crippen LogP contribution is 2.67. The molecule has 9 atom stereocenters. The Kier molecular flexibility index (Phi) is 4.87. The molecular formula is C21H25F3O4S. The molecule has 0 aromatic heterocycles. The third-order valence-electron chi connectivity index (χ3n) is 8.06. The SMILES string of the molecule is C[C@@H]1CC2C(C[C@H](O)[C@@]3(F)C2C[C@H](F)C2=CC(=O)C=C[C@@]23C)[C@@]1(O)C(=O)SCF. The van der Waals surface area contributed by atoms with Crippen molar-refractivity contribution in [3.05, 3.63) is 23.8 Å². The lowest BCUT2D eigenvalue weighted by molar-refractivity contribution is -0.194. The van der Waals surface area contributed by atoms with Crippen LogP contribution in [0.3, 0.4) is 0 Å². The van der Waals surface area contributed by atoms with Gasteiger partial charge in [0.15, 0.2) is 11.5 Å². The van der Waals surface area contributed by atoms with Crippen LogP contribution >= 0.6 is 11.8 Å². The molecule has 0 aliphatic heterocycles. The van der Waals surface area contributed by atoms with Crippen molar-refractivity contribution in [2.75, 3.05) is 6.01 Å². The Balaban J connectivity index is 1.79. The summed E-state index contributed by atoms with van der Waals surface area (Å²) in [5, 5.41) is 21.4. The van der Waals surface area contributed by atoms with Gasteiger partial charge in [-0.3, -0.25) is 9.59 Å². The van der Waals surface area contributed by atoms with E-state index in [0.29, 0.717) is 11.8 Å². The predicted octanol–water partition coefficient (Wildman–Crippen LogP) is 3.08. The number of rotatable bonds is 2. The van der Waals surface area contributed by atoms with Gasteiger partial charge in [-0.15, -0.1) is 0 Å². The van der Waals surface area contributed by atoms with Crippen molar-refractivity contribution >= 4 is 22.7 Å². The fourth-order valence-electron chi connectivity index (χ4n) is 6.62. The number of aliphatic hydroxyl groups excluding tert-OH is 1. The first kappa shape index (κ1) is 21.1. The number of alkyl halides is 3. The van der Waals surface area contributed by atoms with Crippen LogP contribution in [0.1, 0.15) is 33.1 Å². The highest BCUT2D eigenvalue weighted by Gasteiger charge is 2.72. The van der Waals surface area contributed by atoms with Crippen molar-refractivity contribution in [1.82, 2.24) is 0 Å². The van der Waals surface area contributed by atoms with Gasteiger partial charge in [0.25, 0.3) is 0 Å². The summed E-state index contributed by atoms with van der Waals surface area (Å²) in [5.74, 6) is -3.22. The second kappa shape index (κ2) is 6.69. The highest BCUT2D eigenvalue weighted by atomic mass is 32.2. The Hall–Kier alpha value is -1.12. The van der Waals surface area contributed by atoms with E-state index in [1.165, 1.54) is 19.1 Å². The smallest absolute Gasteiger partial charge is 0.223 e. The van der Waals surface area contributed by atoms with Gasteiger partial charge in [0.05, 0.1) is 6.10 Å². The summed E-state index contributed by atoms with van der Waals surface area (Å²) < 4.78 is 44.7. The Morgan fingerprint density at radius 2 is 2.00 bits per heavy atom. The Bertz CT molecular complexity index is 816. The summed E-state index contributed by atoms with van der Waals surface area (Å²) in [5.41, 5.74) is -5.58. The van der Waals surface area contributed by atoms with E-state index in [1.807, 2.05) is 0 Å². The summed E-state index contributed by atoms with van der Waals surface area (Å²) in [7, 11) is 0. The van der Waals surface area contributed by atoms with Crippen molar-refractivity contribution in [3.8, 4) is 0 Å². The van der Waals surface area contributed by atoms with E-state index in [4.69, 9.17) is 0 Å². The molecule has 29 heavy (non-hydrogen) atoms. The maximum absolute atomic E-state index is 16.7. The molecule has 0 radical (unpaired) electrons. The van der Waals surface area contributed by atoms with Crippen molar-refractivity contribution < 1.29 is 33.0 Å². The molecule has 0 bridgehead atoms. The molecule has 4 aliphatic rings. The number of carbonyl (C=O) groups is 2. The van der Waals surface area contributed by atoms with Gasteiger partial charge in [-0.25, -0.2) is 13.2 Å². The molecule has 160 valence electrons. The Morgan fingerprint density at radius 1 is 1.31 bits per heavy atom. The number of halogens is 3. The van der Waals surface area contributed by atoms with Gasteiger partial charge in [0, 0.05) is 17.3 Å². The Labute approximate surface area is 171 Å². The molecular weight excluding hydrogens is 405 g/mol. The number of thioether (sulfide) groups is 1. The minimum Gasteiger partial charge on any atom is -0.390 e. The van der Waals surface area contributed by atoms with Gasteiger partial charge >= 0.3 is 0 Å². The lowest BCUT2D eigenvalue weighted by Gasteiger charge is -2.60. The number of hydrogen-bond donors (Lipinski definition) is 2. The molecule has 3 saturated carbocycles. The monoisotopic (exact) mass is 430 g/mol. The van der Waals surface area contributed by atoms with Crippen LogP contribution in [-0.2, 0) is 9.59 Å². The van der Waals surface area contributed by atoms with Crippen LogP contribution in [0.5, 0.6) is 0 Å². The summed E-state index contributed by atoms with van der Waals surface area (Å²) in [6, 6.07) is -0.984. The number of ketones is 1. The van der Waals surface area contributed by atoms with Crippen LogP contribution in [0.25, 0.3) is 0 Å². The topological polar surface area (TPSA) is 74.6 Å². The number of aliphatic hydroxyl groups is 2. The predicted molar refractivity (Wildman–Crippen MR) is 102 cm³/mol. The van der Waals surface area contributed by atoms with Crippen LogP contribution in [-0.4, -0.2) is 50.7 Å². The van der Waals surface area contributed by atoms with Gasteiger partial charge in [0.1, 0.15) is 17.8 Å². The van der Waals surface area contributed by atoms with Crippen molar-refractivity contribution in [2.45, 2.75) is 56.7 Å². The molecule has 0 saturated heterocycles. The van der Waals surface area contributed by atoms with E-state index in [0.717, 1.165) is 6.08 Å². The van der Waals surface area contributed by atoms with Gasteiger partial charge in [-0.2, -0.15) is 0 Å². The molecule has 0 aromatic rings. The summed E-state index contributed by atoms with van der Waals surface area (Å²) >= 11 is 0.372. The van der Waals surface area contributed by atoms with E-state index >= 15 is 8.78 Å². The number of hydrogen-bond acceptors (Lipinski definition) is 5. The maximum atomic E-state index is 16.7. The first-order valence-electron chi connectivity index (χ1n) is 9.93. The third kappa shape index (κ3) is 2.54. The molecule has 8 heteroatoms. The second-order valence-corrected chi connectivity index (χ2v) is 10.0. The molecule has 4 rings (SSSR count). The summed E-state index contributed by atoms with van der Waals surface area (Å²) in [4.78, 5) is 24.3. The quantitative estimate of drug-likeness (QED) is 0.704. The molecule has 4 aliphatic carbocycles. The van der Waals surface area contributed by atoms with E-state index in [1.54, 1.807) is 6.92 Å². The van der Waals surface area contributed by atoms with Gasteiger partial charge in [0.2, 0.25) is 5.12 Å². The second-order valence-electron chi connectivity index (χ2n) is 9.14. The van der Waals surface area contributed by atoms with Crippen molar-refractivity contribution in [3.63, 3.8) is 0 Å². The first-order chi connectivity index (χ1) is 13.5. The standard InChI is InChI=1S/C21H25F3O4S/c1-10-5-12-13(20(10,28)18(27)29-9-22)8-17(26)21(24)14(12)7-16(23)15-6-11(25)3-4-19(15,21)2/h3-4,6,10,12-14,16-17,26,28H,5,7-9H2,1-2H3/t10-,12?,13?,14?,16+,17+,19+,20-,21+/m1/s1. The molecule has 2 N–H and O–H groups in total. The normalized spacial score (nSPS) is 51.1. The van der Waals surface area contributed by atoms with Crippen LogP contribution in [0.4, 0.5) is 13.2 Å². The zero-order chi connectivity index (χ0) is 21.4. The molecule has 0 heterocycles. The number of allylic oxidation sites excluding steroid dienone is 4. The van der Waals surface area contributed by atoms with Crippen LogP contribution < -0.4 is 0 Å². The van der Waals surface area contributed by atoms with Crippen molar-refractivity contribution in [2.24, 2.45) is 29.1 Å². The molecule has 3 fully saturated rings. The minimum atomic E-state index is -2.24. The average molecular weight is 430 g/mol. The number of carbonyl (C=O) groups excluding carboxylic acids is 2. The van der Waals surface area contributed by atoms with Crippen molar-refractivity contribution in [1.29, 1.82) is 0 Å². The van der Waals surface area contributed by atoms with Gasteiger partial charge in [-0.05, 0) is 55.7 Å². The molecule has 3 unspecified atom stereocenters. The minimum absolute atomic E-state index is 0.0339. The average Bonchev–Trinajstić information content (AvgIpc) is 2.92. The lowest BCUT2D eigenvalue weighted by atomic mass is 9.47. The maximum Gasteiger partial charge on any atom is 0.223 e. The third-order valence-corrected chi connectivity index (χ3v) is 8.76. The van der Waals surface area contributed by atoms with Crippen LogP contribution in [0.2, 0.25) is 0 Å². The van der Waals surface area contributed by atoms with Gasteiger partial charge in [-0.1, -0.05) is 24.8 Å². The van der Waals surface area contributed by atoms with Crippen LogP contribution in [0, 0.1) is 29.1 Å². The van der Waals surface area contributed by atoms with E-state index in [2.05, 4.69) is 0 Å². The van der Waals surface area contributed by atoms with Gasteiger partial charge < -0.3 is 10.2 Å². The molecule has 0 amide bonds. The zero-order valence-corrected chi connectivity index (χ0v) is 17.1. The summed E-state index contributed by atoms with van der Waals surface area (Å²) in [6.07, 6.45) is 0.420. The van der Waals surface area contributed by atoms with E-state index in [-0.39, 0.29) is 24.8 Å². The van der Waals surface area contributed by atoms with E-state index in [9.17, 15) is 24.2 Å². The summed E-state index contributed by atoms with van der Waals surface area (Å²) in [6.45, 7) is 3.15. The first-order valence-corrected chi connectivity index (χ1v) is 10.9. The lowest BCUT2D eigenvalue weighted by Crippen LogP contribution is -2.67. The zero-order valence-electron chi connectivity index (χ0n) is 16.3. The fourth-order valence-corrected chi connectivity index (χ4v) is 7.30. The Morgan fingerprint density at radius 3 is 2.66 bits per heavy atom. The molecule has 0 spiro atoms.